The number of nitrogens with one attached hydrogen (secondary N) is 2. The quantitative estimate of drug-likeness (QED) is 0.377. The average molecular weight is 294 g/mol. The van der Waals surface area contributed by atoms with E-state index in [-0.39, 0.29) is 51.0 Å². The maximum absolute atomic E-state index is 10.9. The molecule has 0 heterocycles. The zero-order valence-electron chi connectivity index (χ0n) is 8.16. The Bertz CT molecular complexity index is 190. The molecule has 1 radical (unpaired) electrons. The molecule has 0 saturated carbocycles. The standard InChI is InChI=1S/C7H13N2O3S.Y/c1-5(2)12-3-6(10)8-9-7(11)4-13;/h13H,3-4H2,1-2H3,(H,8,10)(H,9,11);/q-1;. The molecular formula is C7H13N2O3SY-. The summed E-state index contributed by atoms with van der Waals surface area (Å²) in [6, 6.07) is 0. The van der Waals surface area contributed by atoms with Crippen molar-refractivity contribution in [3.05, 3.63) is 6.10 Å². The van der Waals surface area contributed by atoms with E-state index in [0.29, 0.717) is 6.10 Å². The molecule has 2 amide bonds. The van der Waals surface area contributed by atoms with Crippen LogP contribution < -0.4 is 10.9 Å². The molecule has 0 saturated heterocycles. The molecule has 5 nitrogen and oxygen atoms in total. The molecule has 0 aromatic rings. The number of hydrazine groups is 1. The van der Waals surface area contributed by atoms with E-state index >= 15 is 0 Å². The van der Waals surface area contributed by atoms with Gasteiger partial charge in [-0.2, -0.15) is 26.5 Å². The molecule has 79 valence electrons. The van der Waals surface area contributed by atoms with Crippen LogP contribution in [0.25, 0.3) is 0 Å². The molecule has 0 spiro atoms. The predicted molar refractivity (Wildman–Crippen MR) is 50.7 cm³/mol. The summed E-state index contributed by atoms with van der Waals surface area (Å²) in [6.07, 6.45) is 0.690. The maximum Gasteiger partial charge on any atom is 0.261 e. The Morgan fingerprint density at radius 2 is 1.79 bits per heavy atom. The van der Waals surface area contributed by atoms with Crippen LogP contribution >= 0.6 is 12.6 Å². The second-order valence-electron chi connectivity index (χ2n) is 2.45. The summed E-state index contributed by atoms with van der Waals surface area (Å²) in [5, 5.41) is 0. The van der Waals surface area contributed by atoms with Gasteiger partial charge in [0, 0.05) is 32.7 Å². The zero-order chi connectivity index (χ0) is 10.3. The fourth-order valence-corrected chi connectivity index (χ4v) is 0.504. The van der Waals surface area contributed by atoms with Gasteiger partial charge < -0.3 is 4.74 Å². The number of carbonyl (C=O) groups excluding carboxylic acids is 2. The number of rotatable bonds is 4. The Labute approximate surface area is 114 Å². The largest absolute Gasteiger partial charge is 0.542 e. The molecule has 0 aromatic heterocycles. The minimum atomic E-state index is -0.406. The van der Waals surface area contributed by atoms with Crippen molar-refractivity contribution in [3.63, 3.8) is 0 Å². The molecule has 0 aliphatic rings. The third-order valence-electron chi connectivity index (χ3n) is 0.977. The maximum atomic E-state index is 10.9. The van der Waals surface area contributed by atoms with Gasteiger partial charge in [0.15, 0.2) is 0 Å². The molecule has 0 unspecified atom stereocenters. The van der Waals surface area contributed by atoms with Crippen LogP contribution in [0.3, 0.4) is 0 Å². The van der Waals surface area contributed by atoms with Crippen LogP contribution in [0.2, 0.25) is 0 Å². The monoisotopic (exact) mass is 294 g/mol. The summed E-state index contributed by atoms with van der Waals surface area (Å²) in [4.78, 5) is 21.5. The third kappa shape index (κ3) is 10.4. The van der Waals surface area contributed by atoms with Crippen molar-refractivity contribution < 1.29 is 47.0 Å². The van der Waals surface area contributed by atoms with E-state index in [2.05, 4.69) is 23.5 Å². The van der Waals surface area contributed by atoms with E-state index in [1.807, 2.05) is 0 Å². The van der Waals surface area contributed by atoms with Crippen LogP contribution in [0.15, 0.2) is 0 Å². The van der Waals surface area contributed by atoms with Gasteiger partial charge in [-0.25, -0.2) is 6.10 Å². The number of thiol groups is 1. The Balaban J connectivity index is 0. The summed E-state index contributed by atoms with van der Waals surface area (Å²) in [7, 11) is 0. The number of carbonyl (C=O) groups is 2. The van der Waals surface area contributed by atoms with Gasteiger partial charge in [-0.05, 0) is 0 Å². The van der Waals surface area contributed by atoms with E-state index in [0.717, 1.165) is 0 Å². The normalized spacial score (nSPS) is 9.14. The van der Waals surface area contributed by atoms with Crippen molar-refractivity contribution in [2.45, 2.75) is 13.8 Å². The van der Waals surface area contributed by atoms with Gasteiger partial charge in [-0.3, -0.25) is 20.4 Å². The van der Waals surface area contributed by atoms with Crippen LogP contribution in [0.5, 0.6) is 0 Å². The predicted octanol–water partition coefficient (Wildman–Crippen LogP) is -0.351. The van der Waals surface area contributed by atoms with Crippen molar-refractivity contribution in [1.82, 2.24) is 10.9 Å². The van der Waals surface area contributed by atoms with Gasteiger partial charge in [0.1, 0.15) is 0 Å². The summed E-state index contributed by atoms with van der Waals surface area (Å²) in [5.41, 5.74) is 4.31. The molecule has 0 bridgehead atoms. The summed E-state index contributed by atoms with van der Waals surface area (Å²) in [6.45, 7) is 3.37. The van der Waals surface area contributed by atoms with Crippen LogP contribution in [0.4, 0.5) is 0 Å². The Morgan fingerprint density at radius 3 is 2.21 bits per heavy atom. The molecule has 7 heteroatoms. The van der Waals surface area contributed by atoms with Gasteiger partial charge in [0.25, 0.3) is 5.91 Å². The molecule has 0 aliphatic heterocycles. The smallest absolute Gasteiger partial charge is 0.261 e. The van der Waals surface area contributed by atoms with Crippen molar-refractivity contribution in [2.24, 2.45) is 0 Å². The number of amides is 2. The first-order chi connectivity index (χ1) is 6.06. The van der Waals surface area contributed by atoms with Crippen LogP contribution in [-0.2, 0) is 47.0 Å². The Hall–Kier alpha value is 0.354. The minimum absolute atomic E-state index is 0. The van der Waals surface area contributed by atoms with Gasteiger partial charge in [0.2, 0.25) is 5.91 Å². The summed E-state index contributed by atoms with van der Waals surface area (Å²) in [5.74, 6) is -0.745. The molecule has 0 aliphatic carbocycles. The van der Waals surface area contributed by atoms with Gasteiger partial charge in [-0.15, -0.1) is 0 Å². The van der Waals surface area contributed by atoms with Crippen molar-refractivity contribution >= 4 is 24.4 Å². The fraction of sp³-hybridized carbons (Fsp3) is 0.571. The van der Waals surface area contributed by atoms with Crippen molar-refractivity contribution in [1.29, 1.82) is 0 Å². The van der Waals surface area contributed by atoms with Crippen molar-refractivity contribution in [2.75, 3.05) is 12.4 Å². The molecular weight excluding hydrogens is 281 g/mol. The SMILES string of the molecule is C[C-](C)OCC(=O)NNC(=O)CS.[Y]. The van der Waals surface area contributed by atoms with E-state index in [1.54, 1.807) is 13.8 Å². The van der Waals surface area contributed by atoms with Gasteiger partial charge >= 0.3 is 0 Å². The fourth-order valence-electron chi connectivity index (χ4n) is 0.425. The molecule has 0 fully saturated rings. The first-order valence-electron chi connectivity index (χ1n) is 3.67. The minimum Gasteiger partial charge on any atom is -0.542 e. The first kappa shape index (κ1) is 16.8. The Morgan fingerprint density at radius 1 is 1.29 bits per heavy atom. The molecule has 14 heavy (non-hydrogen) atoms. The van der Waals surface area contributed by atoms with Crippen LogP contribution in [0, 0.1) is 6.10 Å². The van der Waals surface area contributed by atoms with Crippen LogP contribution in [0.1, 0.15) is 13.8 Å². The second-order valence-corrected chi connectivity index (χ2v) is 2.77. The first-order valence-corrected chi connectivity index (χ1v) is 4.31. The van der Waals surface area contributed by atoms with Gasteiger partial charge in [0.05, 0.1) is 12.4 Å². The molecule has 0 aromatic carbocycles. The summed E-state index contributed by atoms with van der Waals surface area (Å²) < 4.78 is 4.90. The van der Waals surface area contributed by atoms with E-state index in [4.69, 9.17) is 4.74 Å². The topological polar surface area (TPSA) is 67.4 Å². The number of hydrogen-bond donors (Lipinski definition) is 3. The van der Waals surface area contributed by atoms with Gasteiger partial charge in [-0.1, -0.05) is 0 Å². The number of hydrogen-bond acceptors (Lipinski definition) is 4. The Kier molecular flexibility index (Phi) is 11.9. The molecule has 2 N–H and O–H groups in total. The van der Waals surface area contributed by atoms with Crippen LogP contribution in [-0.4, -0.2) is 24.2 Å². The van der Waals surface area contributed by atoms with Crippen molar-refractivity contribution in [3.8, 4) is 0 Å². The van der Waals surface area contributed by atoms with E-state index in [1.165, 1.54) is 0 Å². The average Bonchev–Trinajstić information content (AvgIpc) is 2.10. The third-order valence-corrected chi connectivity index (χ3v) is 1.26. The molecule has 0 atom stereocenters. The molecule has 0 rings (SSSR count). The summed E-state index contributed by atoms with van der Waals surface area (Å²) >= 11 is 3.70. The van der Waals surface area contributed by atoms with E-state index < -0.39 is 5.91 Å². The van der Waals surface area contributed by atoms with E-state index in [9.17, 15) is 9.59 Å². The number of ether oxygens (including phenoxy) is 1. The zero-order valence-corrected chi connectivity index (χ0v) is 11.9. The second kappa shape index (κ2) is 9.89.